The van der Waals surface area contributed by atoms with Crippen molar-refractivity contribution < 1.29 is 5.11 Å². The summed E-state index contributed by atoms with van der Waals surface area (Å²) in [6.07, 6.45) is 0.793. The van der Waals surface area contributed by atoms with Crippen LogP contribution in [0.15, 0.2) is 22.7 Å². The molecule has 0 aliphatic carbocycles. The van der Waals surface area contributed by atoms with Crippen molar-refractivity contribution in [3.05, 3.63) is 38.5 Å². The molecule has 0 aliphatic rings. The highest BCUT2D eigenvalue weighted by atomic mass is 79.9. The van der Waals surface area contributed by atoms with Crippen molar-refractivity contribution in [2.24, 2.45) is 5.92 Å². The molecule has 106 valence electrons. The van der Waals surface area contributed by atoms with E-state index in [4.69, 9.17) is 23.2 Å². The van der Waals surface area contributed by atoms with E-state index in [1.54, 1.807) is 12.1 Å². The number of hydrogen-bond acceptors (Lipinski definition) is 3. The van der Waals surface area contributed by atoms with Crippen molar-refractivity contribution in [2.75, 3.05) is 0 Å². The fourth-order valence-electron chi connectivity index (χ4n) is 1.76. The van der Waals surface area contributed by atoms with Gasteiger partial charge in [0.2, 0.25) is 0 Å². The zero-order chi connectivity index (χ0) is 14.9. The van der Waals surface area contributed by atoms with E-state index in [1.165, 1.54) is 6.07 Å². The predicted octanol–water partition coefficient (Wildman–Crippen LogP) is 5.12. The number of aromatic hydroxyl groups is 1. The van der Waals surface area contributed by atoms with E-state index in [9.17, 15) is 5.11 Å². The van der Waals surface area contributed by atoms with Crippen LogP contribution in [0.2, 0.25) is 10.2 Å². The molecular weight excluding hydrogens is 363 g/mol. The number of halogens is 3. The molecule has 3 nitrogen and oxygen atoms in total. The third kappa shape index (κ3) is 3.43. The molecule has 6 heteroatoms. The standard InChI is InChI=1S/C14H13BrCl2N2O/c1-7(2)5-10-12(15)13(17)19-14(18-10)8-3-4-11(20)9(16)6-8/h3-4,6-7,20H,5H2,1-2H3. The fourth-order valence-corrected chi connectivity index (χ4v) is 2.47. The van der Waals surface area contributed by atoms with Gasteiger partial charge in [-0.25, -0.2) is 9.97 Å². The molecule has 0 saturated heterocycles. The van der Waals surface area contributed by atoms with Crippen LogP contribution in [-0.2, 0) is 6.42 Å². The minimum Gasteiger partial charge on any atom is -0.506 e. The van der Waals surface area contributed by atoms with Crippen molar-refractivity contribution in [2.45, 2.75) is 20.3 Å². The van der Waals surface area contributed by atoms with Crippen LogP contribution in [0.25, 0.3) is 11.4 Å². The van der Waals surface area contributed by atoms with Crippen LogP contribution in [0.4, 0.5) is 0 Å². The van der Waals surface area contributed by atoms with Crippen molar-refractivity contribution in [1.29, 1.82) is 0 Å². The Bertz CT molecular complexity index is 647. The monoisotopic (exact) mass is 374 g/mol. The molecule has 1 N–H and O–H groups in total. The Balaban J connectivity index is 2.51. The molecule has 0 spiro atoms. The molecule has 1 aromatic carbocycles. The molecule has 0 radical (unpaired) electrons. The average molecular weight is 376 g/mol. The number of hydrogen-bond donors (Lipinski definition) is 1. The average Bonchev–Trinajstić information content (AvgIpc) is 2.37. The lowest BCUT2D eigenvalue weighted by Gasteiger charge is -2.10. The van der Waals surface area contributed by atoms with Crippen LogP contribution in [0.1, 0.15) is 19.5 Å². The van der Waals surface area contributed by atoms with Gasteiger partial charge in [0.15, 0.2) is 5.82 Å². The van der Waals surface area contributed by atoms with Crippen molar-refractivity contribution >= 4 is 39.1 Å². The first kappa shape index (κ1) is 15.5. The maximum atomic E-state index is 9.46. The normalized spacial score (nSPS) is 11.1. The second-order valence-electron chi connectivity index (χ2n) is 4.86. The fraction of sp³-hybridized carbons (Fsp3) is 0.286. The summed E-state index contributed by atoms with van der Waals surface area (Å²) in [5.41, 5.74) is 1.58. The minimum absolute atomic E-state index is 0.0287. The molecule has 0 fully saturated rings. The van der Waals surface area contributed by atoms with Gasteiger partial charge in [-0.3, -0.25) is 0 Å². The van der Waals surface area contributed by atoms with Gasteiger partial charge in [0, 0.05) is 5.56 Å². The lowest BCUT2D eigenvalue weighted by atomic mass is 10.1. The second kappa shape index (κ2) is 6.29. The first-order chi connectivity index (χ1) is 9.38. The third-order valence-electron chi connectivity index (χ3n) is 2.69. The van der Waals surface area contributed by atoms with Gasteiger partial charge < -0.3 is 5.11 Å². The summed E-state index contributed by atoms with van der Waals surface area (Å²) in [5, 5.41) is 10.1. The van der Waals surface area contributed by atoms with Crippen LogP contribution in [0.3, 0.4) is 0 Å². The summed E-state index contributed by atoms with van der Waals surface area (Å²) in [7, 11) is 0. The van der Waals surface area contributed by atoms with Gasteiger partial charge in [-0.05, 0) is 46.5 Å². The van der Waals surface area contributed by atoms with Crippen molar-refractivity contribution in [3.63, 3.8) is 0 Å². The second-order valence-corrected chi connectivity index (χ2v) is 6.42. The molecule has 0 saturated carbocycles. The quantitative estimate of drug-likeness (QED) is 0.757. The summed E-state index contributed by atoms with van der Waals surface area (Å²) >= 11 is 15.5. The van der Waals surface area contributed by atoms with E-state index in [1.807, 2.05) is 0 Å². The Morgan fingerprint density at radius 3 is 2.55 bits per heavy atom. The Morgan fingerprint density at radius 1 is 1.25 bits per heavy atom. The van der Waals surface area contributed by atoms with Gasteiger partial charge in [0.05, 0.1) is 15.2 Å². The molecule has 0 aliphatic heterocycles. The highest BCUT2D eigenvalue weighted by Crippen LogP contribution is 2.31. The smallest absolute Gasteiger partial charge is 0.161 e. The summed E-state index contributed by atoms with van der Waals surface area (Å²) in [6.45, 7) is 4.22. The van der Waals surface area contributed by atoms with Crippen LogP contribution in [0.5, 0.6) is 5.75 Å². The lowest BCUT2D eigenvalue weighted by Crippen LogP contribution is -2.02. The van der Waals surface area contributed by atoms with E-state index in [-0.39, 0.29) is 10.8 Å². The highest BCUT2D eigenvalue weighted by Gasteiger charge is 2.14. The molecule has 1 heterocycles. The van der Waals surface area contributed by atoms with Crippen molar-refractivity contribution in [3.8, 4) is 17.1 Å². The number of phenols is 1. The Morgan fingerprint density at radius 2 is 1.95 bits per heavy atom. The number of benzene rings is 1. The maximum Gasteiger partial charge on any atom is 0.161 e. The first-order valence-electron chi connectivity index (χ1n) is 6.09. The van der Waals surface area contributed by atoms with Gasteiger partial charge >= 0.3 is 0 Å². The molecule has 0 atom stereocenters. The van der Waals surface area contributed by atoms with Gasteiger partial charge in [-0.1, -0.05) is 37.0 Å². The molecule has 2 aromatic rings. The zero-order valence-corrected chi connectivity index (χ0v) is 14.1. The highest BCUT2D eigenvalue weighted by molar-refractivity contribution is 9.10. The summed E-state index contributed by atoms with van der Waals surface area (Å²) < 4.78 is 0.724. The van der Waals surface area contributed by atoms with Gasteiger partial charge in [-0.15, -0.1) is 0 Å². The van der Waals surface area contributed by atoms with Crippen LogP contribution < -0.4 is 0 Å². The molecule has 20 heavy (non-hydrogen) atoms. The SMILES string of the molecule is CC(C)Cc1nc(-c2ccc(O)c(Cl)c2)nc(Cl)c1Br. The molecule has 0 unspecified atom stereocenters. The van der Waals surface area contributed by atoms with E-state index >= 15 is 0 Å². The Kier molecular flexibility index (Phi) is 4.89. The topological polar surface area (TPSA) is 46.0 Å². The summed E-state index contributed by atoms with van der Waals surface area (Å²) in [5.74, 6) is 0.977. The molecular formula is C14H13BrCl2N2O. The lowest BCUT2D eigenvalue weighted by molar-refractivity contribution is 0.475. The zero-order valence-electron chi connectivity index (χ0n) is 11.0. The van der Waals surface area contributed by atoms with Gasteiger partial charge in [0.25, 0.3) is 0 Å². The molecule has 0 amide bonds. The van der Waals surface area contributed by atoms with Gasteiger partial charge in [-0.2, -0.15) is 0 Å². The summed E-state index contributed by atoms with van der Waals surface area (Å²) in [6, 6.07) is 4.84. The third-order valence-corrected chi connectivity index (χ3v) is 4.32. The minimum atomic E-state index is 0.0287. The van der Waals surface area contributed by atoms with Crippen LogP contribution >= 0.6 is 39.1 Å². The Hall–Kier alpha value is -0.840. The van der Waals surface area contributed by atoms with Crippen molar-refractivity contribution in [1.82, 2.24) is 9.97 Å². The molecule has 1 aromatic heterocycles. The van der Waals surface area contributed by atoms with E-state index in [0.29, 0.717) is 22.5 Å². The number of nitrogens with zero attached hydrogens (tertiary/aromatic N) is 2. The van der Waals surface area contributed by atoms with E-state index in [2.05, 4.69) is 39.7 Å². The first-order valence-corrected chi connectivity index (χ1v) is 7.64. The van der Waals surface area contributed by atoms with Crippen LogP contribution in [-0.4, -0.2) is 15.1 Å². The number of rotatable bonds is 3. The van der Waals surface area contributed by atoms with Gasteiger partial charge in [0.1, 0.15) is 10.9 Å². The Labute approximate surface area is 136 Å². The van der Waals surface area contributed by atoms with E-state index in [0.717, 1.165) is 16.6 Å². The summed E-state index contributed by atoms with van der Waals surface area (Å²) in [4.78, 5) is 8.78. The molecule has 2 rings (SSSR count). The maximum absolute atomic E-state index is 9.46. The number of aromatic nitrogens is 2. The predicted molar refractivity (Wildman–Crippen MR) is 85.4 cm³/mol. The largest absolute Gasteiger partial charge is 0.506 e. The molecule has 0 bridgehead atoms. The number of phenolic OH excluding ortho intramolecular Hbond substituents is 1. The van der Waals surface area contributed by atoms with E-state index < -0.39 is 0 Å². The van der Waals surface area contributed by atoms with Crippen LogP contribution in [0, 0.1) is 5.92 Å².